The van der Waals surface area contributed by atoms with Crippen molar-refractivity contribution >= 4 is 5.82 Å². The molecule has 18 heavy (non-hydrogen) atoms. The Labute approximate surface area is 109 Å². The van der Waals surface area contributed by atoms with Crippen LogP contribution in [0.1, 0.15) is 31.2 Å². The predicted octanol–water partition coefficient (Wildman–Crippen LogP) is 1.82. The Kier molecular flexibility index (Phi) is 3.46. The van der Waals surface area contributed by atoms with Gasteiger partial charge in [0.1, 0.15) is 12.1 Å². The second kappa shape index (κ2) is 5.22. The van der Waals surface area contributed by atoms with Crippen molar-refractivity contribution in [1.82, 2.24) is 15.3 Å². The van der Waals surface area contributed by atoms with Gasteiger partial charge in [0, 0.05) is 31.4 Å². The molecule has 0 spiro atoms. The Morgan fingerprint density at radius 3 is 2.44 bits per heavy atom. The number of anilines is 1. The van der Waals surface area contributed by atoms with E-state index in [1.54, 1.807) is 6.33 Å². The first kappa shape index (κ1) is 11.9. The van der Waals surface area contributed by atoms with E-state index in [4.69, 9.17) is 0 Å². The van der Waals surface area contributed by atoms with E-state index in [-0.39, 0.29) is 0 Å². The van der Waals surface area contributed by atoms with Crippen LogP contribution in [-0.2, 0) is 6.54 Å². The fourth-order valence-electron chi connectivity index (χ4n) is 2.42. The summed E-state index contributed by atoms with van der Waals surface area (Å²) in [5.74, 6) is 2.96. The van der Waals surface area contributed by atoms with Crippen LogP contribution in [-0.4, -0.2) is 30.1 Å². The zero-order valence-electron chi connectivity index (χ0n) is 11.1. The van der Waals surface area contributed by atoms with Gasteiger partial charge in [0.05, 0.1) is 0 Å². The van der Waals surface area contributed by atoms with Crippen molar-refractivity contribution in [2.24, 2.45) is 11.8 Å². The van der Waals surface area contributed by atoms with Crippen LogP contribution in [0.2, 0.25) is 0 Å². The SMILES string of the molecule is CNCc1cncnc1N(CC1CC1)CC1CC1. The van der Waals surface area contributed by atoms with Gasteiger partial charge in [-0.05, 0) is 44.6 Å². The summed E-state index contributed by atoms with van der Waals surface area (Å²) >= 11 is 0. The maximum absolute atomic E-state index is 4.53. The lowest BCUT2D eigenvalue weighted by Crippen LogP contribution is -2.30. The second-order valence-electron chi connectivity index (χ2n) is 5.69. The quantitative estimate of drug-likeness (QED) is 0.797. The first-order valence-electron chi connectivity index (χ1n) is 7.05. The van der Waals surface area contributed by atoms with E-state index in [9.17, 15) is 0 Å². The summed E-state index contributed by atoms with van der Waals surface area (Å²) in [7, 11) is 1.98. The molecule has 0 unspecified atom stereocenters. The summed E-state index contributed by atoms with van der Waals surface area (Å²) in [4.78, 5) is 11.2. The minimum Gasteiger partial charge on any atom is -0.356 e. The van der Waals surface area contributed by atoms with Crippen LogP contribution in [0.4, 0.5) is 5.82 Å². The van der Waals surface area contributed by atoms with Crippen LogP contribution < -0.4 is 10.2 Å². The van der Waals surface area contributed by atoms with E-state index in [0.29, 0.717) is 0 Å². The Morgan fingerprint density at radius 2 is 1.89 bits per heavy atom. The molecule has 4 nitrogen and oxygen atoms in total. The number of hydrogen-bond acceptors (Lipinski definition) is 4. The lowest BCUT2D eigenvalue weighted by atomic mass is 10.2. The monoisotopic (exact) mass is 246 g/mol. The van der Waals surface area contributed by atoms with Crippen LogP contribution in [0.15, 0.2) is 12.5 Å². The van der Waals surface area contributed by atoms with Crippen LogP contribution >= 0.6 is 0 Å². The largest absolute Gasteiger partial charge is 0.356 e. The number of nitrogens with zero attached hydrogens (tertiary/aromatic N) is 3. The average Bonchev–Trinajstić information content (AvgIpc) is 3.24. The van der Waals surface area contributed by atoms with Gasteiger partial charge in [-0.1, -0.05) is 0 Å². The highest BCUT2D eigenvalue weighted by Gasteiger charge is 2.30. The van der Waals surface area contributed by atoms with Gasteiger partial charge in [0.2, 0.25) is 0 Å². The minimum atomic E-state index is 0.849. The lowest BCUT2D eigenvalue weighted by Gasteiger charge is -2.25. The van der Waals surface area contributed by atoms with Gasteiger partial charge in [-0.2, -0.15) is 0 Å². The Bertz CT molecular complexity index is 385. The molecule has 1 aromatic heterocycles. The summed E-state index contributed by atoms with van der Waals surface area (Å²) in [6.07, 6.45) is 9.22. The normalized spacial score (nSPS) is 18.9. The van der Waals surface area contributed by atoms with E-state index >= 15 is 0 Å². The summed E-state index contributed by atoms with van der Waals surface area (Å²) in [5.41, 5.74) is 1.22. The molecule has 1 N–H and O–H groups in total. The molecule has 0 bridgehead atoms. The zero-order chi connectivity index (χ0) is 12.4. The summed E-state index contributed by atoms with van der Waals surface area (Å²) in [6, 6.07) is 0. The molecule has 98 valence electrons. The third-order valence-electron chi connectivity index (χ3n) is 3.78. The summed E-state index contributed by atoms with van der Waals surface area (Å²) < 4.78 is 0. The van der Waals surface area contributed by atoms with Gasteiger partial charge >= 0.3 is 0 Å². The molecule has 0 aliphatic heterocycles. The number of aromatic nitrogens is 2. The third kappa shape index (κ3) is 2.99. The van der Waals surface area contributed by atoms with Crippen molar-refractivity contribution < 1.29 is 0 Å². The number of hydrogen-bond donors (Lipinski definition) is 1. The van der Waals surface area contributed by atoms with E-state index < -0.39 is 0 Å². The van der Waals surface area contributed by atoms with Crippen molar-refractivity contribution in [2.75, 3.05) is 25.0 Å². The first-order valence-corrected chi connectivity index (χ1v) is 7.05. The van der Waals surface area contributed by atoms with Gasteiger partial charge in [0.15, 0.2) is 0 Å². The smallest absolute Gasteiger partial charge is 0.136 e. The van der Waals surface area contributed by atoms with Gasteiger partial charge in [-0.25, -0.2) is 9.97 Å². The molecular formula is C14H22N4. The molecule has 3 rings (SSSR count). The second-order valence-corrected chi connectivity index (χ2v) is 5.69. The van der Waals surface area contributed by atoms with Gasteiger partial charge in [-0.15, -0.1) is 0 Å². The topological polar surface area (TPSA) is 41.1 Å². The molecule has 0 amide bonds. The Hall–Kier alpha value is -1.16. The van der Waals surface area contributed by atoms with E-state index in [0.717, 1.165) is 24.2 Å². The molecule has 2 aliphatic rings. The lowest BCUT2D eigenvalue weighted by molar-refractivity contribution is 0.662. The highest BCUT2D eigenvalue weighted by molar-refractivity contribution is 5.46. The van der Waals surface area contributed by atoms with Crippen LogP contribution in [0.3, 0.4) is 0 Å². The van der Waals surface area contributed by atoms with Crippen LogP contribution in [0.25, 0.3) is 0 Å². The van der Waals surface area contributed by atoms with Gasteiger partial charge in [-0.3, -0.25) is 0 Å². The molecule has 4 heteroatoms. The predicted molar refractivity (Wildman–Crippen MR) is 72.5 cm³/mol. The van der Waals surface area contributed by atoms with Crippen LogP contribution in [0, 0.1) is 11.8 Å². The van der Waals surface area contributed by atoms with E-state index in [2.05, 4.69) is 20.2 Å². The zero-order valence-corrected chi connectivity index (χ0v) is 11.1. The molecule has 1 heterocycles. The molecule has 0 aromatic carbocycles. The number of nitrogens with one attached hydrogen (secondary N) is 1. The van der Waals surface area contributed by atoms with E-state index in [1.807, 2.05) is 13.2 Å². The van der Waals surface area contributed by atoms with Crippen molar-refractivity contribution in [3.05, 3.63) is 18.1 Å². The fourth-order valence-corrected chi connectivity index (χ4v) is 2.42. The molecular weight excluding hydrogens is 224 g/mol. The highest BCUT2D eigenvalue weighted by atomic mass is 15.2. The van der Waals surface area contributed by atoms with Gasteiger partial charge < -0.3 is 10.2 Å². The molecule has 2 aliphatic carbocycles. The minimum absolute atomic E-state index is 0.849. The van der Waals surface area contributed by atoms with E-state index in [1.165, 1.54) is 44.3 Å². The van der Waals surface area contributed by atoms with Crippen molar-refractivity contribution in [2.45, 2.75) is 32.2 Å². The first-order chi connectivity index (χ1) is 8.86. The fraction of sp³-hybridized carbons (Fsp3) is 0.714. The summed E-state index contributed by atoms with van der Waals surface area (Å²) in [5, 5.41) is 3.21. The van der Waals surface area contributed by atoms with Crippen LogP contribution in [0.5, 0.6) is 0 Å². The molecule has 1 aromatic rings. The summed E-state index contributed by atoms with van der Waals surface area (Å²) in [6.45, 7) is 3.22. The molecule has 0 atom stereocenters. The molecule has 0 saturated heterocycles. The average molecular weight is 246 g/mol. The van der Waals surface area contributed by atoms with Crippen molar-refractivity contribution in [3.63, 3.8) is 0 Å². The van der Waals surface area contributed by atoms with Crippen molar-refractivity contribution in [1.29, 1.82) is 0 Å². The van der Waals surface area contributed by atoms with Crippen molar-refractivity contribution in [3.8, 4) is 0 Å². The molecule has 2 saturated carbocycles. The Balaban J connectivity index is 1.77. The number of rotatable bonds is 7. The Morgan fingerprint density at radius 1 is 1.22 bits per heavy atom. The standard InChI is InChI=1S/C14H22N4/c1-15-6-13-7-16-10-17-14(13)18(8-11-2-3-11)9-12-4-5-12/h7,10-12,15H,2-6,8-9H2,1H3. The molecule has 0 radical (unpaired) electrons. The van der Waals surface area contributed by atoms with Gasteiger partial charge in [0.25, 0.3) is 0 Å². The third-order valence-corrected chi connectivity index (χ3v) is 3.78. The maximum atomic E-state index is 4.53. The molecule has 2 fully saturated rings. The maximum Gasteiger partial charge on any atom is 0.136 e. The highest BCUT2D eigenvalue weighted by Crippen LogP contribution is 2.35.